The van der Waals surface area contributed by atoms with Crippen LogP contribution in [0.4, 0.5) is 4.79 Å². The molecule has 4 heteroatoms. The van der Waals surface area contributed by atoms with Gasteiger partial charge in [0.05, 0.1) is 7.11 Å². The largest absolute Gasteiger partial charge is 0.513 e. The highest BCUT2D eigenvalue weighted by Gasteiger charge is 2.27. The number of ether oxygens (including phenoxy) is 3. The number of carbonyl (C=O) groups is 1. The first-order valence-corrected chi connectivity index (χ1v) is 8.16. The highest BCUT2D eigenvalue weighted by Crippen LogP contribution is 2.44. The summed E-state index contributed by atoms with van der Waals surface area (Å²) in [6, 6.07) is 11.9. The standard InChI is InChI=1S/C20H22O4/c1-13-7-10-18(16(11-13)15-8-9-15)23-12-17-14(2)5-4-6-19(17)24-20(21)22-3/h4-7,10-11,15H,8-9,12H2,1-3H3. The van der Waals surface area contributed by atoms with Gasteiger partial charge in [-0.05, 0) is 55.9 Å². The van der Waals surface area contributed by atoms with Crippen LogP contribution in [0.3, 0.4) is 0 Å². The summed E-state index contributed by atoms with van der Waals surface area (Å²) in [6.07, 6.45) is 1.72. The van der Waals surface area contributed by atoms with E-state index in [1.165, 1.54) is 31.1 Å². The fourth-order valence-electron chi connectivity index (χ4n) is 2.75. The van der Waals surface area contributed by atoms with Gasteiger partial charge in [-0.25, -0.2) is 4.79 Å². The van der Waals surface area contributed by atoms with E-state index in [1.807, 2.05) is 25.1 Å². The van der Waals surface area contributed by atoms with Crippen molar-refractivity contribution >= 4 is 6.16 Å². The first kappa shape index (κ1) is 16.4. The van der Waals surface area contributed by atoms with Crippen molar-refractivity contribution in [3.63, 3.8) is 0 Å². The molecule has 0 spiro atoms. The molecule has 0 amide bonds. The number of carbonyl (C=O) groups excluding carboxylic acids is 1. The van der Waals surface area contributed by atoms with Crippen LogP contribution in [-0.4, -0.2) is 13.3 Å². The summed E-state index contributed by atoms with van der Waals surface area (Å²) < 4.78 is 15.9. The number of rotatable bonds is 5. The number of hydrogen-bond donors (Lipinski definition) is 0. The first-order chi connectivity index (χ1) is 11.6. The van der Waals surface area contributed by atoms with E-state index in [-0.39, 0.29) is 0 Å². The maximum absolute atomic E-state index is 11.4. The monoisotopic (exact) mass is 326 g/mol. The van der Waals surface area contributed by atoms with Crippen LogP contribution in [0.15, 0.2) is 36.4 Å². The zero-order chi connectivity index (χ0) is 17.1. The second-order valence-corrected chi connectivity index (χ2v) is 6.21. The van der Waals surface area contributed by atoms with Crippen LogP contribution in [0.5, 0.6) is 11.5 Å². The summed E-state index contributed by atoms with van der Waals surface area (Å²) in [6.45, 7) is 4.42. The molecular weight excluding hydrogens is 304 g/mol. The maximum Gasteiger partial charge on any atom is 0.513 e. The topological polar surface area (TPSA) is 44.8 Å². The van der Waals surface area contributed by atoms with E-state index in [0.29, 0.717) is 18.3 Å². The van der Waals surface area contributed by atoms with Gasteiger partial charge in [-0.15, -0.1) is 0 Å². The van der Waals surface area contributed by atoms with Crippen LogP contribution in [-0.2, 0) is 11.3 Å². The average molecular weight is 326 g/mol. The molecular formula is C20H22O4. The van der Waals surface area contributed by atoms with Gasteiger partial charge in [0.2, 0.25) is 0 Å². The van der Waals surface area contributed by atoms with Gasteiger partial charge in [-0.3, -0.25) is 0 Å². The van der Waals surface area contributed by atoms with E-state index in [2.05, 4.69) is 23.8 Å². The van der Waals surface area contributed by atoms with Gasteiger partial charge >= 0.3 is 6.16 Å². The second kappa shape index (κ2) is 6.95. The first-order valence-electron chi connectivity index (χ1n) is 8.16. The lowest BCUT2D eigenvalue weighted by atomic mass is 10.1. The lowest BCUT2D eigenvalue weighted by molar-refractivity contribution is 0.120. The van der Waals surface area contributed by atoms with E-state index < -0.39 is 6.16 Å². The zero-order valence-electron chi connectivity index (χ0n) is 14.3. The Morgan fingerprint density at radius 3 is 2.62 bits per heavy atom. The van der Waals surface area contributed by atoms with Crippen molar-refractivity contribution < 1.29 is 19.0 Å². The quantitative estimate of drug-likeness (QED) is 0.579. The zero-order valence-corrected chi connectivity index (χ0v) is 14.3. The lowest BCUT2D eigenvalue weighted by Crippen LogP contribution is -2.11. The van der Waals surface area contributed by atoms with E-state index in [4.69, 9.17) is 9.47 Å². The number of benzene rings is 2. The van der Waals surface area contributed by atoms with Gasteiger partial charge in [0.25, 0.3) is 0 Å². The summed E-state index contributed by atoms with van der Waals surface area (Å²) in [4.78, 5) is 11.4. The van der Waals surface area contributed by atoms with Crippen molar-refractivity contribution in [2.45, 2.75) is 39.2 Å². The highest BCUT2D eigenvalue weighted by atomic mass is 16.7. The van der Waals surface area contributed by atoms with E-state index >= 15 is 0 Å². The van der Waals surface area contributed by atoms with Gasteiger partial charge in [-0.1, -0.05) is 29.8 Å². The summed E-state index contributed by atoms with van der Waals surface area (Å²) in [7, 11) is 1.29. The molecule has 1 aliphatic carbocycles. The Kier molecular flexibility index (Phi) is 4.74. The molecule has 1 fully saturated rings. The molecule has 3 rings (SSSR count). The predicted molar refractivity (Wildman–Crippen MR) is 91.7 cm³/mol. The molecule has 126 valence electrons. The number of hydrogen-bond acceptors (Lipinski definition) is 4. The van der Waals surface area contributed by atoms with Crippen molar-refractivity contribution in [1.29, 1.82) is 0 Å². The van der Waals surface area contributed by atoms with Gasteiger partial charge < -0.3 is 14.2 Å². The molecule has 1 saturated carbocycles. The fourth-order valence-corrected chi connectivity index (χ4v) is 2.75. The van der Waals surface area contributed by atoms with Gasteiger partial charge in [-0.2, -0.15) is 0 Å². The third-order valence-electron chi connectivity index (χ3n) is 4.28. The Bertz CT molecular complexity index is 747. The third kappa shape index (κ3) is 3.70. The van der Waals surface area contributed by atoms with Crippen molar-refractivity contribution in [2.24, 2.45) is 0 Å². The van der Waals surface area contributed by atoms with Crippen LogP contribution >= 0.6 is 0 Å². The smallest absolute Gasteiger partial charge is 0.488 e. The molecule has 0 saturated heterocycles. The predicted octanol–water partition coefficient (Wildman–Crippen LogP) is 4.91. The Balaban J connectivity index is 1.81. The normalized spacial score (nSPS) is 13.5. The molecule has 0 aromatic heterocycles. The van der Waals surface area contributed by atoms with Gasteiger partial charge in [0.15, 0.2) is 0 Å². The molecule has 0 heterocycles. The van der Waals surface area contributed by atoms with E-state index in [0.717, 1.165) is 16.9 Å². The Morgan fingerprint density at radius 2 is 1.92 bits per heavy atom. The van der Waals surface area contributed by atoms with Crippen molar-refractivity contribution in [3.05, 3.63) is 58.7 Å². The molecule has 0 N–H and O–H groups in total. The van der Waals surface area contributed by atoms with Gasteiger partial charge in [0, 0.05) is 5.56 Å². The fraction of sp³-hybridized carbons (Fsp3) is 0.350. The molecule has 0 radical (unpaired) electrons. The Hall–Kier alpha value is -2.49. The van der Waals surface area contributed by atoms with Crippen molar-refractivity contribution in [1.82, 2.24) is 0 Å². The molecule has 0 aliphatic heterocycles. The number of methoxy groups -OCH3 is 1. The summed E-state index contributed by atoms with van der Waals surface area (Å²) in [5.74, 6) is 2.00. The van der Waals surface area contributed by atoms with Crippen molar-refractivity contribution in [3.8, 4) is 11.5 Å². The SMILES string of the molecule is COC(=O)Oc1cccc(C)c1COc1ccc(C)cc1C1CC1. The van der Waals surface area contributed by atoms with Crippen molar-refractivity contribution in [2.75, 3.05) is 7.11 Å². The summed E-state index contributed by atoms with van der Waals surface area (Å²) >= 11 is 0. The van der Waals surface area contributed by atoms with Crippen LogP contribution in [0.2, 0.25) is 0 Å². The molecule has 0 unspecified atom stereocenters. The second-order valence-electron chi connectivity index (χ2n) is 6.21. The molecule has 2 aromatic rings. The average Bonchev–Trinajstić information content (AvgIpc) is 3.40. The molecule has 0 atom stereocenters. The Morgan fingerprint density at radius 1 is 1.12 bits per heavy atom. The van der Waals surface area contributed by atoms with Crippen LogP contribution in [0.1, 0.15) is 41.0 Å². The molecule has 0 bridgehead atoms. The van der Waals surface area contributed by atoms with Crippen LogP contribution < -0.4 is 9.47 Å². The number of aryl methyl sites for hydroxylation is 2. The molecule has 24 heavy (non-hydrogen) atoms. The molecule has 2 aromatic carbocycles. The summed E-state index contributed by atoms with van der Waals surface area (Å²) in [5.41, 5.74) is 4.38. The minimum Gasteiger partial charge on any atom is -0.488 e. The van der Waals surface area contributed by atoms with Crippen LogP contribution in [0, 0.1) is 13.8 Å². The molecule has 1 aliphatic rings. The highest BCUT2D eigenvalue weighted by molar-refractivity contribution is 5.64. The Labute approximate surface area is 142 Å². The third-order valence-corrected chi connectivity index (χ3v) is 4.28. The van der Waals surface area contributed by atoms with Crippen LogP contribution in [0.25, 0.3) is 0 Å². The minimum atomic E-state index is -0.726. The molecule has 4 nitrogen and oxygen atoms in total. The van der Waals surface area contributed by atoms with E-state index in [1.54, 1.807) is 6.07 Å². The van der Waals surface area contributed by atoms with Gasteiger partial charge in [0.1, 0.15) is 18.1 Å². The van der Waals surface area contributed by atoms with E-state index in [9.17, 15) is 4.79 Å². The minimum absolute atomic E-state index is 0.349. The maximum atomic E-state index is 11.4. The lowest BCUT2D eigenvalue weighted by Gasteiger charge is -2.15. The summed E-state index contributed by atoms with van der Waals surface area (Å²) in [5, 5.41) is 0.